The van der Waals surface area contributed by atoms with Gasteiger partial charge in [-0.25, -0.2) is 4.98 Å². The number of anilines is 2. The van der Waals surface area contributed by atoms with Crippen molar-refractivity contribution in [2.24, 2.45) is 0 Å². The van der Waals surface area contributed by atoms with Crippen LogP contribution in [0.25, 0.3) is 5.65 Å². The summed E-state index contributed by atoms with van der Waals surface area (Å²) in [5, 5.41) is 16.3. The number of fused-ring (bicyclic) bond motifs is 1. The maximum atomic E-state index is 4.47. The van der Waals surface area contributed by atoms with Crippen LogP contribution >= 0.6 is 0 Å². The van der Waals surface area contributed by atoms with E-state index in [-0.39, 0.29) is 0 Å². The van der Waals surface area contributed by atoms with Crippen molar-refractivity contribution in [3.8, 4) is 0 Å². The molecule has 8 heteroatoms. The maximum absolute atomic E-state index is 4.47. The maximum Gasteiger partial charge on any atom is 0.200 e. The molecule has 3 aromatic rings. The fourth-order valence-corrected chi connectivity index (χ4v) is 3.14. The Hall–Kier alpha value is -2.77. The first-order valence-electron chi connectivity index (χ1n) is 8.17. The van der Waals surface area contributed by atoms with E-state index in [1.54, 1.807) is 23.2 Å². The van der Waals surface area contributed by atoms with Crippen molar-refractivity contribution in [2.75, 3.05) is 23.3 Å². The average Bonchev–Trinajstić information content (AvgIpc) is 3.08. The van der Waals surface area contributed by atoms with Crippen molar-refractivity contribution >= 4 is 17.2 Å². The highest BCUT2D eigenvalue weighted by Gasteiger charge is 2.22. The zero-order valence-electron chi connectivity index (χ0n) is 13.8. The predicted octanol–water partition coefficient (Wildman–Crippen LogP) is 1.61. The van der Waals surface area contributed by atoms with Crippen LogP contribution in [0.3, 0.4) is 0 Å². The van der Waals surface area contributed by atoms with Gasteiger partial charge < -0.3 is 10.2 Å². The largest absolute Gasteiger partial charge is 0.379 e. The second kappa shape index (κ2) is 6.03. The number of aryl methyl sites for hydroxylation is 1. The highest BCUT2D eigenvalue weighted by atomic mass is 15.3. The van der Waals surface area contributed by atoms with Crippen molar-refractivity contribution in [3.63, 3.8) is 0 Å². The van der Waals surface area contributed by atoms with Crippen LogP contribution in [-0.2, 0) is 0 Å². The van der Waals surface area contributed by atoms with Gasteiger partial charge in [0.05, 0.1) is 17.6 Å². The fourth-order valence-electron chi connectivity index (χ4n) is 3.14. The molecule has 1 N–H and O–H groups in total. The lowest BCUT2D eigenvalue weighted by atomic mass is 10.0. The van der Waals surface area contributed by atoms with E-state index in [1.165, 1.54) is 0 Å². The molecule has 0 unspecified atom stereocenters. The quantitative estimate of drug-likeness (QED) is 0.783. The Morgan fingerprint density at radius 1 is 1.17 bits per heavy atom. The molecule has 8 nitrogen and oxygen atoms in total. The lowest BCUT2D eigenvalue weighted by molar-refractivity contribution is 0.523. The fraction of sp³-hybridized carbons (Fsp3) is 0.438. The first-order chi connectivity index (χ1) is 11.7. The molecule has 0 radical (unpaired) electrons. The molecule has 24 heavy (non-hydrogen) atoms. The Kier molecular flexibility index (Phi) is 3.72. The lowest BCUT2D eigenvalue weighted by Crippen LogP contribution is -2.39. The van der Waals surface area contributed by atoms with E-state index in [2.05, 4.69) is 42.4 Å². The zero-order chi connectivity index (χ0) is 16.5. The summed E-state index contributed by atoms with van der Waals surface area (Å²) < 4.78 is 1.74. The number of hydrogen-bond acceptors (Lipinski definition) is 7. The Labute approximate surface area is 140 Å². The van der Waals surface area contributed by atoms with E-state index >= 15 is 0 Å². The summed E-state index contributed by atoms with van der Waals surface area (Å²) in [6, 6.07) is 0.402. The summed E-state index contributed by atoms with van der Waals surface area (Å²) in [7, 11) is 0. The summed E-state index contributed by atoms with van der Waals surface area (Å²) in [4.78, 5) is 10.8. The third-order valence-corrected chi connectivity index (χ3v) is 4.65. The van der Waals surface area contributed by atoms with Crippen LogP contribution in [-0.4, -0.2) is 48.9 Å². The van der Waals surface area contributed by atoms with Crippen molar-refractivity contribution < 1.29 is 0 Å². The minimum atomic E-state index is 0.402. The van der Waals surface area contributed by atoms with Gasteiger partial charge in [-0.05, 0) is 32.3 Å². The Bertz CT molecular complexity index is 836. The van der Waals surface area contributed by atoms with E-state index in [9.17, 15) is 0 Å². The van der Waals surface area contributed by atoms with Gasteiger partial charge in [-0.2, -0.15) is 9.61 Å². The summed E-state index contributed by atoms with van der Waals surface area (Å²) in [6.07, 6.45) is 8.99. The molecule has 0 amide bonds. The molecule has 1 saturated heterocycles. The smallest absolute Gasteiger partial charge is 0.200 e. The summed E-state index contributed by atoms with van der Waals surface area (Å²) >= 11 is 0. The average molecular weight is 324 g/mol. The number of nitrogens with one attached hydrogen (secondary N) is 1. The molecule has 1 fully saturated rings. The lowest BCUT2D eigenvalue weighted by Gasteiger charge is -2.33. The van der Waals surface area contributed by atoms with Crippen molar-refractivity contribution in [1.82, 2.24) is 29.8 Å². The summed E-state index contributed by atoms with van der Waals surface area (Å²) in [6.45, 7) is 6.01. The van der Waals surface area contributed by atoms with E-state index < -0.39 is 0 Å². The van der Waals surface area contributed by atoms with Gasteiger partial charge in [0.2, 0.25) is 5.65 Å². The van der Waals surface area contributed by atoms with E-state index in [0.29, 0.717) is 6.04 Å². The SMILES string of the molecule is Cc1nn2cnnc2c(NC2CCN(c3cnccn3)CC2)c1C. The summed E-state index contributed by atoms with van der Waals surface area (Å²) in [5.41, 5.74) is 3.95. The second-order valence-electron chi connectivity index (χ2n) is 6.15. The molecule has 124 valence electrons. The number of nitrogens with zero attached hydrogens (tertiary/aromatic N) is 7. The van der Waals surface area contributed by atoms with Gasteiger partial charge in [0.1, 0.15) is 12.1 Å². The summed E-state index contributed by atoms with van der Waals surface area (Å²) in [5.74, 6) is 0.951. The van der Waals surface area contributed by atoms with E-state index in [0.717, 1.165) is 54.3 Å². The number of aromatic nitrogens is 6. The Morgan fingerprint density at radius 3 is 2.75 bits per heavy atom. The molecule has 3 aromatic heterocycles. The van der Waals surface area contributed by atoms with Gasteiger partial charge in [-0.1, -0.05) is 0 Å². The van der Waals surface area contributed by atoms with Gasteiger partial charge in [-0.3, -0.25) is 4.98 Å². The first kappa shape index (κ1) is 14.8. The van der Waals surface area contributed by atoms with Gasteiger partial charge >= 0.3 is 0 Å². The molecule has 0 spiro atoms. The van der Waals surface area contributed by atoms with Crippen LogP contribution in [0.1, 0.15) is 24.1 Å². The normalized spacial score (nSPS) is 15.8. The van der Waals surface area contributed by atoms with Crippen LogP contribution < -0.4 is 10.2 Å². The molecule has 0 bridgehead atoms. The Morgan fingerprint density at radius 2 is 2.00 bits per heavy atom. The van der Waals surface area contributed by atoms with Crippen LogP contribution in [0.2, 0.25) is 0 Å². The van der Waals surface area contributed by atoms with Gasteiger partial charge in [-0.15, -0.1) is 10.2 Å². The molecule has 1 aliphatic rings. The third-order valence-electron chi connectivity index (χ3n) is 4.65. The molecular weight excluding hydrogens is 304 g/mol. The molecule has 4 heterocycles. The minimum Gasteiger partial charge on any atom is -0.379 e. The first-order valence-corrected chi connectivity index (χ1v) is 8.17. The van der Waals surface area contributed by atoms with E-state index in [1.807, 2.05) is 13.1 Å². The minimum absolute atomic E-state index is 0.402. The number of rotatable bonds is 3. The van der Waals surface area contributed by atoms with Crippen LogP contribution in [0, 0.1) is 13.8 Å². The van der Waals surface area contributed by atoms with Gasteiger partial charge in [0.25, 0.3) is 0 Å². The van der Waals surface area contributed by atoms with Crippen molar-refractivity contribution in [1.29, 1.82) is 0 Å². The van der Waals surface area contributed by atoms with Crippen molar-refractivity contribution in [2.45, 2.75) is 32.7 Å². The second-order valence-corrected chi connectivity index (χ2v) is 6.15. The van der Waals surface area contributed by atoms with Crippen LogP contribution in [0.5, 0.6) is 0 Å². The van der Waals surface area contributed by atoms with Gasteiger partial charge in [0.15, 0.2) is 0 Å². The standard InChI is InChI=1S/C16H20N8/c1-11-12(2)22-24-10-19-21-16(24)15(11)20-13-3-7-23(8-4-13)14-9-17-5-6-18-14/h5-6,9-10,13,20H,3-4,7-8H2,1-2H3. The molecule has 0 atom stereocenters. The highest BCUT2D eigenvalue weighted by molar-refractivity contribution is 5.71. The molecule has 4 rings (SSSR count). The van der Waals surface area contributed by atoms with Crippen LogP contribution in [0.4, 0.5) is 11.5 Å². The number of piperidine rings is 1. The topological polar surface area (TPSA) is 84.1 Å². The monoisotopic (exact) mass is 324 g/mol. The van der Waals surface area contributed by atoms with Crippen LogP contribution in [0.15, 0.2) is 24.9 Å². The third kappa shape index (κ3) is 2.64. The Balaban J connectivity index is 1.50. The van der Waals surface area contributed by atoms with E-state index in [4.69, 9.17) is 0 Å². The molecular formula is C16H20N8. The highest BCUT2D eigenvalue weighted by Crippen LogP contribution is 2.25. The predicted molar refractivity (Wildman–Crippen MR) is 91.1 cm³/mol. The molecule has 0 aliphatic carbocycles. The molecule has 1 aliphatic heterocycles. The zero-order valence-corrected chi connectivity index (χ0v) is 13.8. The molecule has 0 aromatic carbocycles. The molecule has 0 saturated carbocycles. The number of hydrogen-bond donors (Lipinski definition) is 1. The van der Waals surface area contributed by atoms with Gasteiger partial charge in [0, 0.05) is 31.5 Å². The van der Waals surface area contributed by atoms with Crippen molar-refractivity contribution in [3.05, 3.63) is 36.2 Å².